The van der Waals surface area contributed by atoms with Gasteiger partial charge in [-0.05, 0) is 32.4 Å². The fraction of sp³-hybridized carbons (Fsp3) is 0.500. The number of benzene rings is 1. The zero-order chi connectivity index (χ0) is 13.2. The van der Waals surface area contributed by atoms with E-state index in [1.165, 1.54) is 13.0 Å². The summed E-state index contributed by atoms with van der Waals surface area (Å²) in [7, 11) is 0. The van der Waals surface area contributed by atoms with Gasteiger partial charge in [-0.15, -0.1) is 0 Å². The Bertz CT molecular complexity index is 388. The lowest BCUT2D eigenvalue weighted by molar-refractivity contribution is -0.199. The molecule has 0 spiro atoms. The standard InChI is InChI=1S/C12H16F3NO/c1-7-4-5-10(8(2)6-7)17-11(9(3)16)12(13,14)15/h4-6,9,11H,16H2,1-3H3. The van der Waals surface area contributed by atoms with Gasteiger partial charge in [0.15, 0.2) is 0 Å². The summed E-state index contributed by atoms with van der Waals surface area (Å²) in [6, 6.07) is 3.89. The van der Waals surface area contributed by atoms with Crippen molar-refractivity contribution in [1.82, 2.24) is 0 Å². The molecule has 0 saturated carbocycles. The summed E-state index contributed by atoms with van der Waals surface area (Å²) in [6.07, 6.45) is -6.45. The highest BCUT2D eigenvalue weighted by atomic mass is 19.4. The molecule has 17 heavy (non-hydrogen) atoms. The molecule has 2 atom stereocenters. The highest BCUT2D eigenvalue weighted by molar-refractivity contribution is 5.36. The monoisotopic (exact) mass is 247 g/mol. The third-order valence-electron chi connectivity index (χ3n) is 2.38. The minimum Gasteiger partial charge on any atom is -0.479 e. The van der Waals surface area contributed by atoms with E-state index < -0.39 is 18.3 Å². The van der Waals surface area contributed by atoms with Gasteiger partial charge < -0.3 is 10.5 Å². The number of halogens is 3. The molecule has 1 rings (SSSR count). The maximum atomic E-state index is 12.7. The average Bonchev–Trinajstić information content (AvgIpc) is 2.13. The zero-order valence-electron chi connectivity index (χ0n) is 10.0. The van der Waals surface area contributed by atoms with E-state index in [0.717, 1.165) is 5.56 Å². The van der Waals surface area contributed by atoms with Gasteiger partial charge in [0.2, 0.25) is 6.10 Å². The highest BCUT2D eigenvalue weighted by Crippen LogP contribution is 2.28. The van der Waals surface area contributed by atoms with Crippen LogP contribution in [-0.4, -0.2) is 18.3 Å². The van der Waals surface area contributed by atoms with Gasteiger partial charge in [0.05, 0.1) is 0 Å². The zero-order valence-corrected chi connectivity index (χ0v) is 10.0. The van der Waals surface area contributed by atoms with Gasteiger partial charge in [0, 0.05) is 6.04 Å². The molecule has 2 nitrogen and oxygen atoms in total. The third kappa shape index (κ3) is 3.63. The molecule has 0 aliphatic heterocycles. The highest BCUT2D eigenvalue weighted by Gasteiger charge is 2.44. The van der Waals surface area contributed by atoms with Crippen molar-refractivity contribution in [3.05, 3.63) is 29.3 Å². The SMILES string of the molecule is Cc1ccc(OC(C(C)N)C(F)(F)F)c(C)c1. The number of aryl methyl sites for hydroxylation is 2. The molecule has 96 valence electrons. The van der Waals surface area contributed by atoms with Crippen LogP contribution in [0.2, 0.25) is 0 Å². The Morgan fingerprint density at radius 2 is 1.82 bits per heavy atom. The van der Waals surface area contributed by atoms with Crippen LogP contribution in [0.1, 0.15) is 18.1 Å². The van der Waals surface area contributed by atoms with E-state index in [2.05, 4.69) is 0 Å². The second-order valence-corrected chi connectivity index (χ2v) is 4.21. The summed E-state index contributed by atoms with van der Waals surface area (Å²) >= 11 is 0. The maximum absolute atomic E-state index is 12.7. The molecular formula is C12H16F3NO. The molecule has 1 aromatic rings. The largest absolute Gasteiger partial charge is 0.479 e. The summed E-state index contributed by atoms with van der Waals surface area (Å²) < 4.78 is 43.0. The number of hydrogen-bond acceptors (Lipinski definition) is 2. The second kappa shape index (κ2) is 4.96. The van der Waals surface area contributed by atoms with E-state index >= 15 is 0 Å². The Morgan fingerprint density at radius 3 is 2.24 bits per heavy atom. The van der Waals surface area contributed by atoms with Crippen LogP contribution in [0, 0.1) is 13.8 Å². The minimum atomic E-state index is -4.47. The molecule has 0 aliphatic rings. The Balaban J connectivity index is 2.94. The lowest BCUT2D eigenvalue weighted by Gasteiger charge is -2.25. The Hall–Kier alpha value is -1.23. The quantitative estimate of drug-likeness (QED) is 0.891. The van der Waals surface area contributed by atoms with Gasteiger partial charge in [-0.25, -0.2) is 0 Å². The predicted molar refractivity (Wildman–Crippen MR) is 60.0 cm³/mol. The van der Waals surface area contributed by atoms with Gasteiger partial charge in [-0.2, -0.15) is 13.2 Å². The third-order valence-corrected chi connectivity index (χ3v) is 2.38. The second-order valence-electron chi connectivity index (χ2n) is 4.21. The first-order valence-electron chi connectivity index (χ1n) is 5.28. The van der Waals surface area contributed by atoms with Crippen molar-refractivity contribution in [1.29, 1.82) is 0 Å². The summed E-state index contributed by atoms with van der Waals surface area (Å²) in [5.74, 6) is 0.218. The molecule has 0 heterocycles. The summed E-state index contributed by atoms with van der Waals surface area (Å²) in [5.41, 5.74) is 6.94. The van der Waals surface area contributed by atoms with Crippen LogP contribution in [0.25, 0.3) is 0 Å². The summed E-state index contributed by atoms with van der Waals surface area (Å²) in [5, 5.41) is 0. The van der Waals surface area contributed by atoms with Crippen molar-refractivity contribution in [2.24, 2.45) is 5.73 Å². The van der Waals surface area contributed by atoms with Crippen LogP contribution in [0.15, 0.2) is 18.2 Å². The molecule has 0 aromatic heterocycles. The van der Waals surface area contributed by atoms with E-state index in [-0.39, 0.29) is 5.75 Å². The normalized spacial score (nSPS) is 15.5. The number of alkyl halides is 3. The van der Waals surface area contributed by atoms with E-state index in [1.54, 1.807) is 19.1 Å². The Labute approximate surface area is 98.6 Å². The molecule has 1 aromatic carbocycles. The van der Waals surface area contributed by atoms with E-state index in [4.69, 9.17) is 10.5 Å². The first-order chi connectivity index (χ1) is 7.71. The molecule has 5 heteroatoms. The van der Waals surface area contributed by atoms with Crippen molar-refractivity contribution >= 4 is 0 Å². The fourth-order valence-corrected chi connectivity index (χ4v) is 1.54. The van der Waals surface area contributed by atoms with Crippen molar-refractivity contribution in [2.45, 2.75) is 39.1 Å². The lowest BCUT2D eigenvalue weighted by atomic mass is 10.1. The molecule has 0 radical (unpaired) electrons. The van der Waals surface area contributed by atoms with Crippen LogP contribution in [-0.2, 0) is 0 Å². The average molecular weight is 247 g/mol. The first-order valence-corrected chi connectivity index (χ1v) is 5.28. The van der Waals surface area contributed by atoms with Crippen LogP contribution >= 0.6 is 0 Å². The van der Waals surface area contributed by atoms with Crippen molar-refractivity contribution in [3.63, 3.8) is 0 Å². The Kier molecular flexibility index (Phi) is 4.03. The summed E-state index contributed by atoms with van der Waals surface area (Å²) in [6.45, 7) is 4.85. The summed E-state index contributed by atoms with van der Waals surface area (Å²) in [4.78, 5) is 0. The van der Waals surface area contributed by atoms with Crippen molar-refractivity contribution < 1.29 is 17.9 Å². The van der Waals surface area contributed by atoms with Crippen molar-refractivity contribution in [2.75, 3.05) is 0 Å². The lowest BCUT2D eigenvalue weighted by Crippen LogP contribution is -2.47. The molecule has 0 saturated heterocycles. The molecule has 0 fully saturated rings. The molecule has 2 unspecified atom stereocenters. The predicted octanol–water partition coefficient (Wildman–Crippen LogP) is 2.96. The van der Waals surface area contributed by atoms with E-state index in [9.17, 15) is 13.2 Å². The van der Waals surface area contributed by atoms with Crippen LogP contribution < -0.4 is 10.5 Å². The maximum Gasteiger partial charge on any atom is 0.426 e. The van der Waals surface area contributed by atoms with Gasteiger partial charge in [0.1, 0.15) is 5.75 Å². The first kappa shape index (κ1) is 13.8. The number of rotatable bonds is 3. The Morgan fingerprint density at radius 1 is 1.24 bits per heavy atom. The van der Waals surface area contributed by atoms with Gasteiger partial charge in [-0.1, -0.05) is 17.7 Å². The molecule has 0 amide bonds. The smallest absolute Gasteiger partial charge is 0.426 e. The van der Waals surface area contributed by atoms with Crippen LogP contribution in [0.3, 0.4) is 0 Å². The molecule has 0 aliphatic carbocycles. The van der Waals surface area contributed by atoms with Gasteiger partial charge in [-0.3, -0.25) is 0 Å². The van der Waals surface area contributed by atoms with E-state index in [1.807, 2.05) is 6.92 Å². The fourth-order valence-electron chi connectivity index (χ4n) is 1.54. The number of nitrogens with two attached hydrogens (primary N) is 1. The number of hydrogen-bond donors (Lipinski definition) is 1. The molecule has 2 N–H and O–H groups in total. The van der Waals surface area contributed by atoms with Crippen LogP contribution in [0.4, 0.5) is 13.2 Å². The topological polar surface area (TPSA) is 35.2 Å². The molecule has 0 bridgehead atoms. The van der Waals surface area contributed by atoms with Gasteiger partial charge >= 0.3 is 6.18 Å². The van der Waals surface area contributed by atoms with Gasteiger partial charge in [0.25, 0.3) is 0 Å². The van der Waals surface area contributed by atoms with Crippen molar-refractivity contribution in [3.8, 4) is 5.75 Å². The molecular weight excluding hydrogens is 231 g/mol. The van der Waals surface area contributed by atoms with E-state index in [0.29, 0.717) is 5.56 Å². The minimum absolute atomic E-state index is 0.218. The number of ether oxygens (including phenoxy) is 1. The van der Waals surface area contributed by atoms with Crippen LogP contribution in [0.5, 0.6) is 5.75 Å².